The molecule has 5 nitrogen and oxygen atoms in total. The number of halogens is 3. The van der Waals surface area contributed by atoms with Gasteiger partial charge in [-0.25, -0.2) is 4.98 Å². The summed E-state index contributed by atoms with van der Waals surface area (Å²) in [5.74, 6) is 0.806. The Morgan fingerprint density at radius 1 is 1.41 bits per heavy atom. The van der Waals surface area contributed by atoms with Crippen molar-refractivity contribution >= 4 is 16.7 Å². The lowest BCUT2D eigenvalue weighted by Crippen LogP contribution is -2.36. The second-order valence-corrected chi connectivity index (χ2v) is 6.00. The van der Waals surface area contributed by atoms with E-state index in [9.17, 15) is 13.2 Å². The van der Waals surface area contributed by atoms with Crippen LogP contribution in [0.4, 0.5) is 18.3 Å². The molecule has 2 aromatic heterocycles. The summed E-state index contributed by atoms with van der Waals surface area (Å²) in [6, 6.07) is 0.956. The third-order valence-electron chi connectivity index (χ3n) is 3.71. The predicted octanol–water partition coefficient (Wildman–Crippen LogP) is 3.16. The van der Waals surface area contributed by atoms with Gasteiger partial charge in [0.15, 0.2) is 5.69 Å². The van der Waals surface area contributed by atoms with Gasteiger partial charge in [-0.3, -0.25) is 4.68 Å². The van der Waals surface area contributed by atoms with E-state index in [1.165, 1.54) is 22.4 Å². The van der Waals surface area contributed by atoms with Crippen molar-refractivity contribution in [2.24, 2.45) is 0 Å². The number of aryl methyl sites for hydroxylation is 1. The molecule has 3 heterocycles. The number of anilines is 1. The number of aromatic nitrogens is 4. The minimum absolute atomic E-state index is 0.0705. The van der Waals surface area contributed by atoms with E-state index in [1.54, 1.807) is 0 Å². The molecule has 0 saturated carbocycles. The Balaban J connectivity index is 1.74. The van der Waals surface area contributed by atoms with E-state index in [4.69, 9.17) is 0 Å². The summed E-state index contributed by atoms with van der Waals surface area (Å²) in [6.07, 6.45) is -0.493. The SMILES string of the molecule is CCc1nsc(N2CCC[C@@H](n3ccc(C(F)(F)F)n3)C2)n1. The van der Waals surface area contributed by atoms with Crippen molar-refractivity contribution in [3.05, 3.63) is 23.8 Å². The monoisotopic (exact) mass is 331 g/mol. The van der Waals surface area contributed by atoms with Crippen LogP contribution in [0.25, 0.3) is 0 Å². The molecule has 22 heavy (non-hydrogen) atoms. The highest BCUT2D eigenvalue weighted by molar-refractivity contribution is 7.09. The fraction of sp³-hybridized carbons (Fsp3) is 0.615. The lowest BCUT2D eigenvalue weighted by atomic mass is 10.1. The molecule has 0 aromatic carbocycles. The van der Waals surface area contributed by atoms with E-state index in [-0.39, 0.29) is 6.04 Å². The van der Waals surface area contributed by atoms with E-state index in [2.05, 4.69) is 19.4 Å². The van der Waals surface area contributed by atoms with Gasteiger partial charge in [-0.1, -0.05) is 6.92 Å². The van der Waals surface area contributed by atoms with Gasteiger partial charge in [0, 0.05) is 37.2 Å². The van der Waals surface area contributed by atoms with Crippen LogP contribution in [0.1, 0.15) is 37.3 Å². The van der Waals surface area contributed by atoms with Crippen LogP contribution < -0.4 is 4.90 Å². The van der Waals surface area contributed by atoms with E-state index in [1.807, 2.05) is 6.92 Å². The first kappa shape index (κ1) is 15.3. The van der Waals surface area contributed by atoms with Gasteiger partial charge in [-0.2, -0.15) is 22.6 Å². The fourth-order valence-corrected chi connectivity index (χ4v) is 3.34. The maximum absolute atomic E-state index is 12.6. The van der Waals surface area contributed by atoms with Crippen LogP contribution >= 0.6 is 11.5 Å². The number of alkyl halides is 3. The van der Waals surface area contributed by atoms with Crippen LogP contribution in [0.15, 0.2) is 12.3 Å². The minimum atomic E-state index is -4.39. The Labute approximate surface area is 129 Å². The zero-order valence-corrected chi connectivity index (χ0v) is 12.9. The Hall–Kier alpha value is -1.64. The Morgan fingerprint density at radius 2 is 2.23 bits per heavy atom. The largest absolute Gasteiger partial charge is 0.435 e. The summed E-state index contributed by atoms with van der Waals surface area (Å²) in [5, 5.41) is 4.52. The average Bonchev–Trinajstić information content (AvgIpc) is 3.16. The molecule has 120 valence electrons. The summed E-state index contributed by atoms with van der Waals surface area (Å²) < 4.78 is 43.6. The van der Waals surface area contributed by atoms with Crippen LogP contribution in [0.2, 0.25) is 0 Å². The van der Waals surface area contributed by atoms with Crippen LogP contribution in [-0.2, 0) is 12.6 Å². The highest BCUT2D eigenvalue weighted by atomic mass is 32.1. The summed E-state index contributed by atoms with van der Waals surface area (Å²) in [7, 11) is 0. The number of nitrogens with zero attached hydrogens (tertiary/aromatic N) is 5. The minimum Gasteiger partial charge on any atom is -0.345 e. The lowest BCUT2D eigenvalue weighted by molar-refractivity contribution is -0.141. The van der Waals surface area contributed by atoms with Gasteiger partial charge in [-0.15, -0.1) is 0 Å². The number of hydrogen-bond acceptors (Lipinski definition) is 5. The summed E-state index contributed by atoms with van der Waals surface area (Å²) >= 11 is 1.34. The number of hydrogen-bond donors (Lipinski definition) is 0. The molecule has 0 unspecified atom stereocenters. The van der Waals surface area contributed by atoms with Crippen LogP contribution in [0.3, 0.4) is 0 Å². The first-order valence-electron chi connectivity index (χ1n) is 7.17. The molecule has 1 aliphatic heterocycles. The van der Waals surface area contributed by atoms with Crippen LogP contribution in [0, 0.1) is 0 Å². The van der Waals surface area contributed by atoms with Crippen molar-refractivity contribution < 1.29 is 13.2 Å². The Bertz CT molecular complexity index is 636. The molecule has 0 spiro atoms. The van der Waals surface area contributed by atoms with Gasteiger partial charge in [-0.05, 0) is 18.9 Å². The van der Waals surface area contributed by atoms with Gasteiger partial charge in [0.05, 0.1) is 6.04 Å². The highest BCUT2D eigenvalue weighted by Crippen LogP contribution is 2.30. The Morgan fingerprint density at radius 3 is 2.86 bits per heavy atom. The zero-order valence-electron chi connectivity index (χ0n) is 12.0. The lowest BCUT2D eigenvalue weighted by Gasteiger charge is -2.32. The third kappa shape index (κ3) is 3.08. The molecule has 9 heteroatoms. The second-order valence-electron chi connectivity index (χ2n) is 5.27. The maximum atomic E-state index is 12.6. The molecule has 2 aromatic rings. The second kappa shape index (κ2) is 5.86. The van der Waals surface area contributed by atoms with E-state index < -0.39 is 11.9 Å². The topological polar surface area (TPSA) is 46.8 Å². The molecule has 0 amide bonds. The fourth-order valence-electron chi connectivity index (χ4n) is 2.55. The molecule has 0 radical (unpaired) electrons. The number of piperidine rings is 1. The maximum Gasteiger partial charge on any atom is 0.435 e. The van der Waals surface area contributed by atoms with E-state index in [0.717, 1.165) is 42.8 Å². The van der Waals surface area contributed by atoms with Crippen molar-refractivity contribution in [3.8, 4) is 0 Å². The van der Waals surface area contributed by atoms with Crippen LogP contribution in [0.5, 0.6) is 0 Å². The normalized spacial score (nSPS) is 19.6. The van der Waals surface area contributed by atoms with Gasteiger partial charge in [0.2, 0.25) is 5.13 Å². The molecular weight excluding hydrogens is 315 g/mol. The Kier molecular flexibility index (Phi) is 4.07. The standard InChI is InChI=1S/C13H16F3N5S/c1-2-11-17-12(22-19-11)20-6-3-4-9(8-20)21-7-5-10(18-21)13(14,15)16/h5,7,9H,2-4,6,8H2,1H3/t9-/m1/s1. The predicted molar refractivity (Wildman–Crippen MR) is 77.0 cm³/mol. The quantitative estimate of drug-likeness (QED) is 0.867. The molecule has 0 N–H and O–H groups in total. The first-order valence-corrected chi connectivity index (χ1v) is 7.94. The summed E-state index contributed by atoms with van der Waals surface area (Å²) in [5.41, 5.74) is -0.839. The molecule has 1 aliphatic rings. The smallest absolute Gasteiger partial charge is 0.345 e. The van der Waals surface area contributed by atoms with Gasteiger partial charge in [0.25, 0.3) is 0 Å². The number of rotatable bonds is 3. The first-order chi connectivity index (χ1) is 10.5. The third-order valence-corrected chi connectivity index (χ3v) is 4.53. The molecule has 1 atom stereocenters. The molecule has 1 fully saturated rings. The average molecular weight is 331 g/mol. The molecule has 1 saturated heterocycles. The summed E-state index contributed by atoms with van der Waals surface area (Å²) in [4.78, 5) is 6.53. The molecular formula is C13H16F3N5S. The zero-order chi connectivity index (χ0) is 15.7. The van der Waals surface area contributed by atoms with Gasteiger partial charge in [0.1, 0.15) is 5.82 Å². The van der Waals surface area contributed by atoms with Crippen molar-refractivity contribution in [3.63, 3.8) is 0 Å². The highest BCUT2D eigenvalue weighted by Gasteiger charge is 2.34. The van der Waals surface area contributed by atoms with Crippen molar-refractivity contribution in [1.82, 2.24) is 19.1 Å². The van der Waals surface area contributed by atoms with E-state index >= 15 is 0 Å². The molecule has 0 aliphatic carbocycles. The molecule has 3 rings (SSSR count). The summed E-state index contributed by atoms with van der Waals surface area (Å²) in [6.45, 7) is 3.45. The van der Waals surface area contributed by atoms with Gasteiger partial charge >= 0.3 is 6.18 Å². The van der Waals surface area contributed by atoms with Crippen molar-refractivity contribution in [2.75, 3.05) is 18.0 Å². The van der Waals surface area contributed by atoms with Crippen molar-refractivity contribution in [1.29, 1.82) is 0 Å². The van der Waals surface area contributed by atoms with Crippen LogP contribution in [-0.4, -0.2) is 32.2 Å². The van der Waals surface area contributed by atoms with Crippen molar-refractivity contribution in [2.45, 2.75) is 38.4 Å². The molecule has 0 bridgehead atoms. The van der Waals surface area contributed by atoms with Gasteiger partial charge < -0.3 is 4.90 Å². The van der Waals surface area contributed by atoms with E-state index in [0.29, 0.717) is 6.54 Å².